The zero-order valence-electron chi connectivity index (χ0n) is 21.6. The average Bonchev–Trinajstić information content (AvgIpc) is 3.31. The van der Waals surface area contributed by atoms with E-state index in [-0.39, 0.29) is 18.1 Å². The summed E-state index contributed by atoms with van der Waals surface area (Å²) < 4.78 is 69.8. The number of alkyl halides is 3. The number of esters is 1. The van der Waals surface area contributed by atoms with Gasteiger partial charge in [0.2, 0.25) is 0 Å². The van der Waals surface area contributed by atoms with E-state index < -0.39 is 23.7 Å². The van der Waals surface area contributed by atoms with Crippen molar-refractivity contribution >= 4 is 5.97 Å². The minimum Gasteiger partial charge on any atom is -0.492 e. The van der Waals surface area contributed by atoms with Gasteiger partial charge in [-0.3, -0.25) is 4.90 Å². The van der Waals surface area contributed by atoms with Crippen LogP contribution in [-0.2, 0) is 33.4 Å². The molecule has 1 aliphatic carbocycles. The van der Waals surface area contributed by atoms with Crippen LogP contribution in [0.1, 0.15) is 30.5 Å². The van der Waals surface area contributed by atoms with Gasteiger partial charge in [0.25, 0.3) is 0 Å². The van der Waals surface area contributed by atoms with Gasteiger partial charge in [-0.05, 0) is 67.1 Å². The van der Waals surface area contributed by atoms with Crippen LogP contribution in [0.5, 0.6) is 5.75 Å². The zero-order valence-corrected chi connectivity index (χ0v) is 21.6. The molecule has 1 saturated heterocycles. The number of carbonyl (C=O) groups is 1. The quantitative estimate of drug-likeness (QED) is 0.231. The van der Waals surface area contributed by atoms with E-state index in [0.29, 0.717) is 63.8 Å². The molecule has 1 unspecified atom stereocenters. The van der Waals surface area contributed by atoms with Gasteiger partial charge in [-0.15, -0.1) is 0 Å². The van der Waals surface area contributed by atoms with Crippen molar-refractivity contribution in [2.45, 2.75) is 45.1 Å². The minimum absolute atomic E-state index is 0.0166. The molecule has 2 aromatic rings. The Morgan fingerprint density at radius 3 is 2.42 bits per heavy atom. The standard InChI is InChI=1S/C28H34F4N2O4/c1-3-36-25(27(35)37-4-2)13-18-5-8-21(9-6-18)38-12-11-33-26-22-16-34(17-23(22)26)15-19-14-20(29)7-10-24(19)28(30,31)32/h5-10,14,22-23,25-26,33H,3-4,11-13,15-17H2,1-2H3/t22-,23?,25-,26+/m0/s1. The molecule has 2 fully saturated rings. The number of carbonyl (C=O) groups excluding carboxylic acids is 1. The van der Waals surface area contributed by atoms with E-state index in [1.54, 1.807) is 6.92 Å². The largest absolute Gasteiger partial charge is 0.492 e. The first-order valence-corrected chi connectivity index (χ1v) is 13.0. The first kappa shape index (κ1) is 28.3. The maximum atomic E-state index is 13.6. The van der Waals surface area contributed by atoms with Crippen molar-refractivity contribution in [3.8, 4) is 5.75 Å². The molecular weight excluding hydrogens is 504 g/mol. The summed E-state index contributed by atoms with van der Waals surface area (Å²) in [5.41, 5.74) is 0.155. The average molecular weight is 539 g/mol. The number of likely N-dealkylation sites (tertiary alicyclic amines) is 1. The SMILES string of the molecule is CCOC(=O)[C@H](Cc1ccc(OCCN[C@H]2C3CN(Cc4cc(F)ccc4C(F)(F)F)C[C@@H]32)cc1)OCC. The minimum atomic E-state index is -4.50. The highest BCUT2D eigenvalue weighted by Gasteiger charge is 2.55. The summed E-state index contributed by atoms with van der Waals surface area (Å²) in [5, 5.41) is 3.47. The fourth-order valence-electron chi connectivity index (χ4n) is 5.23. The van der Waals surface area contributed by atoms with Gasteiger partial charge in [-0.1, -0.05) is 12.1 Å². The van der Waals surface area contributed by atoms with Gasteiger partial charge in [-0.2, -0.15) is 13.2 Å². The first-order chi connectivity index (χ1) is 18.2. The second-order valence-corrected chi connectivity index (χ2v) is 9.69. The van der Waals surface area contributed by atoms with Crippen molar-refractivity contribution in [2.24, 2.45) is 11.8 Å². The highest BCUT2D eigenvalue weighted by molar-refractivity contribution is 5.75. The lowest BCUT2D eigenvalue weighted by Gasteiger charge is -2.22. The molecule has 2 aromatic carbocycles. The Hall–Kier alpha value is -2.69. The van der Waals surface area contributed by atoms with Crippen LogP contribution < -0.4 is 10.1 Å². The monoisotopic (exact) mass is 538 g/mol. The molecule has 1 aliphatic heterocycles. The lowest BCUT2D eigenvalue weighted by Crippen LogP contribution is -2.33. The third-order valence-electron chi connectivity index (χ3n) is 7.05. The van der Waals surface area contributed by atoms with E-state index in [0.717, 1.165) is 29.5 Å². The highest BCUT2D eigenvalue weighted by Crippen LogP contribution is 2.46. The predicted octanol–water partition coefficient (Wildman–Crippen LogP) is 4.45. The molecule has 1 N–H and O–H groups in total. The lowest BCUT2D eigenvalue weighted by molar-refractivity contribution is -0.156. The number of hydrogen-bond donors (Lipinski definition) is 1. The summed E-state index contributed by atoms with van der Waals surface area (Å²) >= 11 is 0. The van der Waals surface area contributed by atoms with Crippen LogP contribution in [0.25, 0.3) is 0 Å². The third kappa shape index (κ3) is 7.24. The van der Waals surface area contributed by atoms with Crippen molar-refractivity contribution in [1.82, 2.24) is 10.2 Å². The molecule has 6 nitrogen and oxygen atoms in total. The van der Waals surface area contributed by atoms with Gasteiger partial charge >= 0.3 is 12.1 Å². The van der Waals surface area contributed by atoms with E-state index >= 15 is 0 Å². The van der Waals surface area contributed by atoms with Gasteiger partial charge in [0.1, 0.15) is 18.2 Å². The number of hydrogen-bond acceptors (Lipinski definition) is 6. The zero-order chi connectivity index (χ0) is 27.3. The van der Waals surface area contributed by atoms with Crippen LogP contribution in [0.15, 0.2) is 42.5 Å². The summed E-state index contributed by atoms with van der Waals surface area (Å²) in [7, 11) is 0. The van der Waals surface area contributed by atoms with Crippen LogP contribution in [0.2, 0.25) is 0 Å². The molecule has 10 heteroatoms. The Balaban J connectivity index is 1.16. The van der Waals surface area contributed by atoms with Crippen LogP contribution in [0.4, 0.5) is 17.6 Å². The molecule has 1 heterocycles. The number of nitrogens with one attached hydrogen (secondary N) is 1. The molecule has 4 rings (SSSR count). The van der Waals surface area contributed by atoms with E-state index in [1.807, 2.05) is 36.1 Å². The fraction of sp³-hybridized carbons (Fsp3) is 0.536. The van der Waals surface area contributed by atoms with E-state index in [2.05, 4.69) is 5.32 Å². The van der Waals surface area contributed by atoms with Crippen LogP contribution in [0, 0.1) is 17.7 Å². The summed E-state index contributed by atoms with van der Waals surface area (Å²) in [4.78, 5) is 14.0. The summed E-state index contributed by atoms with van der Waals surface area (Å²) in [6.45, 7) is 6.92. The number of fused-ring (bicyclic) bond motifs is 1. The molecule has 0 amide bonds. The number of halogens is 4. The number of rotatable bonds is 13. The Labute approximate surface area is 220 Å². The topological polar surface area (TPSA) is 60.0 Å². The normalized spacial score (nSPS) is 21.7. The van der Waals surface area contributed by atoms with Gasteiger partial charge in [0, 0.05) is 45.2 Å². The predicted molar refractivity (Wildman–Crippen MR) is 133 cm³/mol. The summed E-state index contributed by atoms with van der Waals surface area (Å²) in [6.07, 6.45) is -4.71. The van der Waals surface area contributed by atoms with Gasteiger partial charge in [0.05, 0.1) is 12.2 Å². The Morgan fingerprint density at radius 1 is 1.08 bits per heavy atom. The molecule has 0 bridgehead atoms. The van der Waals surface area contributed by atoms with Gasteiger partial charge in [0.15, 0.2) is 6.10 Å². The van der Waals surface area contributed by atoms with Gasteiger partial charge < -0.3 is 19.5 Å². The number of piperidine rings is 1. The van der Waals surface area contributed by atoms with Crippen LogP contribution in [0.3, 0.4) is 0 Å². The van der Waals surface area contributed by atoms with E-state index in [9.17, 15) is 22.4 Å². The second-order valence-electron chi connectivity index (χ2n) is 9.69. The Morgan fingerprint density at radius 2 is 1.79 bits per heavy atom. The lowest BCUT2D eigenvalue weighted by atomic mass is 10.1. The van der Waals surface area contributed by atoms with E-state index in [1.165, 1.54) is 0 Å². The van der Waals surface area contributed by atoms with Crippen LogP contribution >= 0.6 is 0 Å². The Bertz CT molecular complexity index is 1070. The third-order valence-corrected chi connectivity index (χ3v) is 7.05. The van der Waals surface area contributed by atoms with E-state index in [4.69, 9.17) is 14.2 Å². The second kappa shape index (κ2) is 12.4. The molecule has 4 atom stereocenters. The maximum absolute atomic E-state index is 13.6. The fourth-order valence-corrected chi connectivity index (χ4v) is 5.23. The molecule has 1 saturated carbocycles. The molecule has 38 heavy (non-hydrogen) atoms. The molecule has 0 aromatic heterocycles. The molecular formula is C28H34F4N2O4. The number of ether oxygens (including phenoxy) is 3. The maximum Gasteiger partial charge on any atom is 0.416 e. The molecule has 2 aliphatic rings. The number of nitrogens with zero attached hydrogens (tertiary/aromatic N) is 1. The van der Waals surface area contributed by atoms with Crippen molar-refractivity contribution in [3.63, 3.8) is 0 Å². The number of benzene rings is 2. The smallest absolute Gasteiger partial charge is 0.416 e. The Kier molecular flexibility index (Phi) is 9.27. The molecule has 0 radical (unpaired) electrons. The summed E-state index contributed by atoms with van der Waals surface area (Å²) in [6, 6.07) is 10.5. The summed E-state index contributed by atoms with van der Waals surface area (Å²) in [5.74, 6) is 0.466. The van der Waals surface area contributed by atoms with Gasteiger partial charge in [-0.25, -0.2) is 9.18 Å². The highest BCUT2D eigenvalue weighted by atomic mass is 19.4. The van der Waals surface area contributed by atoms with Crippen molar-refractivity contribution in [2.75, 3.05) is 39.5 Å². The molecule has 0 spiro atoms. The van der Waals surface area contributed by atoms with Crippen LogP contribution in [-0.4, -0.2) is 62.5 Å². The molecule has 208 valence electrons. The first-order valence-electron chi connectivity index (χ1n) is 13.0. The van der Waals surface area contributed by atoms with Crippen molar-refractivity contribution in [1.29, 1.82) is 0 Å². The van der Waals surface area contributed by atoms with Crippen molar-refractivity contribution in [3.05, 3.63) is 65.0 Å². The van der Waals surface area contributed by atoms with Crippen molar-refractivity contribution < 1.29 is 36.6 Å².